The molecular weight excluding hydrogens is 296 g/mol. The Labute approximate surface area is 144 Å². The summed E-state index contributed by atoms with van der Waals surface area (Å²) >= 11 is 0. The number of hydrogen-bond acceptors (Lipinski definition) is 4. The van der Waals surface area contributed by atoms with Gasteiger partial charge < -0.3 is 4.90 Å². The van der Waals surface area contributed by atoms with Crippen LogP contribution >= 0.6 is 0 Å². The summed E-state index contributed by atoms with van der Waals surface area (Å²) < 4.78 is 0. The minimum atomic E-state index is 0.480. The third-order valence-electron chi connectivity index (χ3n) is 5.26. The standard InChI is InChI=1S/C20H26N4/c1-16-8-10-21-20(22-16)18-9-13-23(15-18)14-17-4-6-19(7-5-17)24-11-2-3-12-24/h4-8,10,18H,2-3,9,11-15H2,1H3/t18-/m0/s1. The molecular formula is C20H26N4. The van der Waals surface area contributed by atoms with Crippen molar-refractivity contribution < 1.29 is 0 Å². The van der Waals surface area contributed by atoms with E-state index in [-0.39, 0.29) is 0 Å². The lowest BCUT2D eigenvalue weighted by atomic mass is 10.1. The highest BCUT2D eigenvalue weighted by molar-refractivity contribution is 5.48. The highest BCUT2D eigenvalue weighted by Gasteiger charge is 2.26. The van der Waals surface area contributed by atoms with Crippen molar-refractivity contribution >= 4 is 5.69 Å². The number of hydrogen-bond donors (Lipinski definition) is 0. The second kappa shape index (κ2) is 6.89. The first kappa shape index (κ1) is 15.6. The molecule has 24 heavy (non-hydrogen) atoms. The largest absolute Gasteiger partial charge is 0.372 e. The number of anilines is 1. The number of aromatic nitrogens is 2. The first-order valence-corrected chi connectivity index (χ1v) is 9.14. The van der Waals surface area contributed by atoms with Gasteiger partial charge in [0.15, 0.2) is 0 Å². The average Bonchev–Trinajstić information content (AvgIpc) is 3.27. The van der Waals surface area contributed by atoms with Crippen molar-refractivity contribution in [3.8, 4) is 0 Å². The third-order valence-corrected chi connectivity index (χ3v) is 5.26. The number of likely N-dealkylation sites (tertiary alicyclic amines) is 1. The maximum atomic E-state index is 4.61. The summed E-state index contributed by atoms with van der Waals surface area (Å²) in [4.78, 5) is 14.1. The fourth-order valence-corrected chi connectivity index (χ4v) is 3.90. The zero-order valence-electron chi connectivity index (χ0n) is 14.5. The van der Waals surface area contributed by atoms with E-state index in [1.165, 1.54) is 37.2 Å². The molecule has 1 aromatic heterocycles. The van der Waals surface area contributed by atoms with Crippen molar-refractivity contribution in [2.45, 2.75) is 38.6 Å². The first-order chi connectivity index (χ1) is 11.8. The van der Waals surface area contributed by atoms with Gasteiger partial charge in [0.25, 0.3) is 0 Å². The van der Waals surface area contributed by atoms with E-state index in [0.29, 0.717) is 5.92 Å². The summed E-state index contributed by atoms with van der Waals surface area (Å²) in [7, 11) is 0. The molecule has 0 spiro atoms. The highest BCUT2D eigenvalue weighted by atomic mass is 15.2. The Balaban J connectivity index is 1.36. The van der Waals surface area contributed by atoms with Crippen LogP contribution in [0.4, 0.5) is 5.69 Å². The first-order valence-electron chi connectivity index (χ1n) is 9.14. The van der Waals surface area contributed by atoms with Crippen LogP contribution in [-0.4, -0.2) is 41.0 Å². The molecule has 2 saturated heterocycles. The van der Waals surface area contributed by atoms with Gasteiger partial charge >= 0.3 is 0 Å². The summed E-state index contributed by atoms with van der Waals surface area (Å²) in [6, 6.07) is 11.1. The lowest BCUT2D eigenvalue weighted by molar-refractivity contribution is 0.325. The molecule has 0 amide bonds. The van der Waals surface area contributed by atoms with Gasteiger partial charge in [0.05, 0.1) is 0 Å². The minimum absolute atomic E-state index is 0.480. The molecule has 126 valence electrons. The second-order valence-electron chi connectivity index (χ2n) is 7.14. The van der Waals surface area contributed by atoms with E-state index in [2.05, 4.69) is 44.0 Å². The van der Waals surface area contributed by atoms with E-state index in [0.717, 1.165) is 37.6 Å². The van der Waals surface area contributed by atoms with Gasteiger partial charge in [-0.3, -0.25) is 4.90 Å². The monoisotopic (exact) mass is 322 g/mol. The Kier molecular flexibility index (Phi) is 4.48. The van der Waals surface area contributed by atoms with Crippen LogP contribution in [0.5, 0.6) is 0 Å². The predicted octanol–water partition coefficient (Wildman–Crippen LogP) is 3.37. The van der Waals surface area contributed by atoms with Gasteiger partial charge in [-0.15, -0.1) is 0 Å². The maximum Gasteiger partial charge on any atom is 0.132 e. The van der Waals surface area contributed by atoms with E-state index < -0.39 is 0 Å². The molecule has 1 atom stereocenters. The summed E-state index contributed by atoms with van der Waals surface area (Å²) in [5, 5.41) is 0. The smallest absolute Gasteiger partial charge is 0.132 e. The predicted molar refractivity (Wildman–Crippen MR) is 97.3 cm³/mol. The Morgan fingerprint density at radius 2 is 1.83 bits per heavy atom. The van der Waals surface area contributed by atoms with E-state index in [9.17, 15) is 0 Å². The molecule has 0 saturated carbocycles. The molecule has 0 radical (unpaired) electrons. The van der Waals surface area contributed by atoms with Gasteiger partial charge in [-0.2, -0.15) is 0 Å². The topological polar surface area (TPSA) is 32.3 Å². The van der Waals surface area contributed by atoms with Crippen LogP contribution in [0.25, 0.3) is 0 Å². The molecule has 4 nitrogen and oxygen atoms in total. The number of rotatable bonds is 4. The maximum absolute atomic E-state index is 4.61. The van der Waals surface area contributed by atoms with Crippen molar-refractivity contribution in [1.82, 2.24) is 14.9 Å². The molecule has 3 heterocycles. The third kappa shape index (κ3) is 3.44. The lowest BCUT2D eigenvalue weighted by Crippen LogP contribution is -2.20. The quantitative estimate of drug-likeness (QED) is 0.864. The summed E-state index contributed by atoms with van der Waals surface area (Å²) in [5.74, 6) is 1.50. The minimum Gasteiger partial charge on any atom is -0.372 e. The molecule has 0 bridgehead atoms. The molecule has 4 heteroatoms. The van der Waals surface area contributed by atoms with Gasteiger partial charge in [-0.05, 0) is 56.5 Å². The Bertz CT molecular complexity index is 676. The van der Waals surface area contributed by atoms with Gasteiger partial charge in [-0.1, -0.05) is 12.1 Å². The SMILES string of the molecule is Cc1ccnc([C@H]2CCN(Cc3ccc(N4CCCC4)cc3)C2)n1. The van der Waals surface area contributed by atoms with Crippen molar-refractivity contribution in [3.63, 3.8) is 0 Å². The Hall–Kier alpha value is -1.94. The summed E-state index contributed by atoms with van der Waals surface area (Å²) in [6.45, 7) is 7.70. The highest BCUT2D eigenvalue weighted by Crippen LogP contribution is 2.26. The zero-order chi connectivity index (χ0) is 16.4. The summed E-state index contributed by atoms with van der Waals surface area (Å²) in [6.07, 6.45) is 5.71. The number of nitrogens with zero attached hydrogens (tertiary/aromatic N) is 4. The number of aryl methyl sites for hydroxylation is 1. The lowest BCUT2D eigenvalue weighted by Gasteiger charge is -2.19. The van der Waals surface area contributed by atoms with Crippen LogP contribution in [0.15, 0.2) is 36.5 Å². The molecule has 0 aliphatic carbocycles. The van der Waals surface area contributed by atoms with Crippen LogP contribution in [0.1, 0.15) is 42.3 Å². The van der Waals surface area contributed by atoms with Crippen LogP contribution in [0.3, 0.4) is 0 Å². The van der Waals surface area contributed by atoms with E-state index >= 15 is 0 Å². The zero-order valence-corrected chi connectivity index (χ0v) is 14.5. The van der Waals surface area contributed by atoms with Gasteiger partial charge in [0.2, 0.25) is 0 Å². The van der Waals surface area contributed by atoms with E-state index in [4.69, 9.17) is 0 Å². The number of benzene rings is 1. The van der Waals surface area contributed by atoms with Crippen LogP contribution in [0.2, 0.25) is 0 Å². The molecule has 2 aliphatic rings. The Morgan fingerprint density at radius 3 is 2.58 bits per heavy atom. The van der Waals surface area contributed by atoms with Gasteiger partial charge in [0.1, 0.15) is 5.82 Å². The molecule has 0 unspecified atom stereocenters. The molecule has 2 fully saturated rings. The van der Waals surface area contributed by atoms with Crippen LogP contribution < -0.4 is 4.90 Å². The van der Waals surface area contributed by atoms with Crippen molar-refractivity contribution in [3.05, 3.63) is 53.6 Å². The van der Waals surface area contributed by atoms with Crippen molar-refractivity contribution in [2.75, 3.05) is 31.1 Å². The average molecular weight is 322 g/mol. The van der Waals surface area contributed by atoms with E-state index in [1.54, 1.807) is 0 Å². The fourth-order valence-electron chi connectivity index (χ4n) is 3.90. The van der Waals surface area contributed by atoms with Crippen molar-refractivity contribution in [2.24, 2.45) is 0 Å². The fraction of sp³-hybridized carbons (Fsp3) is 0.500. The molecule has 2 aliphatic heterocycles. The van der Waals surface area contributed by atoms with Gasteiger partial charge in [0, 0.05) is 49.7 Å². The normalized spacial score (nSPS) is 21.5. The van der Waals surface area contributed by atoms with Crippen LogP contribution in [-0.2, 0) is 6.54 Å². The van der Waals surface area contributed by atoms with Crippen LogP contribution in [0, 0.1) is 6.92 Å². The molecule has 2 aromatic rings. The Morgan fingerprint density at radius 1 is 1.04 bits per heavy atom. The molecule has 4 rings (SSSR count). The van der Waals surface area contributed by atoms with Gasteiger partial charge in [-0.25, -0.2) is 9.97 Å². The summed E-state index contributed by atoms with van der Waals surface area (Å²) in [5.41, 5.74) is 3.85. The molecule has 1 aromatic carbocycles. The second-order valence-corrected chi connectivity index (χ2v) is 7.14. The van der Waals surface area contributed by atoms with Crippen molar-refractivity contribution in [1.29, 1.82) is 0 Å². The molecule has 0 N–H and O–H groups in total. The van der Waals surface area contributed by atoms with E-state index in [1.807, 2.05) is 19.2 Å².